The van der Waals surface area contributed by atoms with E-state index in [1.54, 1.807) is 9.80 Å². The van der Waals surface area contributed by atoms with Crippen molar-refractivity contribution in [3.8, 4) is 0 Å². The van der Waals surface area contributed by atoms with Crippen LogP contribution < -0.4 is 0 Å². The third kappa shape index (κ3) is 5.66. The smallest absolute Gasteiger partial charge is 0.410 e. The molecule has 3 aliphatic heterocycles. The SMILES string of the molecule is C=CCOC(=O)N1C[C@H](c2noc(C(C)n3ccc(C4CCOCC4)n3)n2)C2(C1)CN(C(=O)OC(C)(C)C)C2. The lowest BCUT2D eigenvalue weighted by molar-refractivity contribution is -0.0363. The van der Waals surface area contributed by atoms with E-state index in [-0.39, 0.29) is 24.7 Å². The van der Waals surface area contributed by atoms with E-state index >= 15 is 0 Å². The van der Waals surface area contributed by atoms with Crippen LogP contribution in [0.15, 0.2) is 29.4 Å². The second-order valence-electron chi connectivity index (χ2n) is 11.8. The quantitative estimate of drug-likeness (QED) is 0.502. The minimum atomic E-state index is -0.592. The molecule has 3 aliphatic rings. The van der Waals surface area contributed by atoms with Gasteiger partial charge in [-0.3, -0.25) is 4.68 Å². The third-order valence-electron chi connectivity index (χ3n) is 7.69. The molecule has 12 nitrogen and oxygen atoms in total. The van der Waals surface area contributed by atoms with Crippen LogP contribution in [0.1, 0.15) is 75.8 Å². The van der Waals surface area contributed by atoms with Gasteiger partial charge in [-0.1, -0.05) is 17.8 Å². The van der Waals surface area contributed by atoms with E-state index in [0.29, 0.717) is 43.8 Å². The van der Waals surface area contributed by atoms with Crippen LogP contribution in [0.2, 0.25) is 0 Å². The molecular weight excluding hydrogens is 504 g/mol. The molecule has 2 atom stereocenters. The standard InChI is InChI=1S/C27H38N6O6/c1-6-11-37-24(34)31-14-20(27(15-31)16-32(17-27)25(35)38-26(3,4)5)22-28-23(39-30-22)18(2)33-10-7-21(29-33)19-8-12-36-13-9-19/h6-7,10,18-20H,1,8-9,11-17H2,2-5H3/t18?,20-/m1/s1. The van der Waals surface area contributed by atoms with Gasteiger partial charge in [-0.25, -0.2) is 9.59 Å². The van der Waals surface area contributed by atoms with Crippen LogP contribution in [-0.2, 0) is 14.2 Å². The number of amides is 2. The Morgan fingerprint density at radius 1 is 1.21 bits per heavy atom. The molecule has 2 aromatic rings. The number of rotatable bonds is 6. The largest absolute Gasteiger partial charge is 0.445 e. The Kier molecular flexibility index (Phi) is 7.41. The minimum Gasteiger partial charge on any atom is -0.445 e. The Bertz CT molecular complexity index is 1190. The van der Waals surface area contributed by atoms with E-state index in [2.05, 4.69) is 11.7 Å². The fourth-order valence-corrected chi connectivity index (χ4v) is 5.63. The predicted molar refractivity (Wildman–Crippen MR) is 139 cm³/mol. The van der Waals surface area contributed by atoms with Crippen LogP contribution in [0, 0.1) is 5.41 Å². The van der Waals surface area contributed by atoms with Gasteiger partial charge in [-0.15, -0.1) is 0 Å². The molecule has 212 valence electrons. The molecule has 0 aromatic carbocycles. The lowest BCUT2D eigenvalue weighted by atomic mass is 9.71. The number of likely N-dealkylation sites (tertiary alicyclic amines) is 2. The summed E-state index contributed by atoms with van der Waals surface area (Å²) in [6, 6.07) is 1.78. The molecule has 2 amide bonds. The lowest BCUT2D eigenvalue weighted by Crippen LogP contribution is -2.62. The van der Waals surface area contributed by atoms with E-state index in [0.717, 1.165) is 31.7 Å². The first kappa shape index (κ1) is 27.2. The Labute approximate surface area is 228 Å². The van der Waals surface area contributed by atoms with E-state index in [4.69, 9.17) is 28.8 Å². The molecule has 0 N–H and O–H groups in total. The molecule has 5 rings (SSSR count). The molecule has 12 heteroatoms. The zero-order valence-corrected chi connectivity index (χ0v) is 23.2. The Balaban J connectivity index is 1.32. The highest BCUT2D eigenvalue weighted by atomic mass is 16.6. The summed E-state index contributed by atoms with van der Waals surface area (Å²) in [6.07, 6.45) is 4.60. The fraction of sp³-hybridized carbons (Fsp3) is 0.667. The first-order valence-corrected chi connectivity index (χ1v) is 13.6. The van der Waals surface area contributed by atoms with Gasteiger partial charge in [0.25, 0.3) is 5.89 Å². The molecule has 3 saturated heterocycles. The van der Waals surface area contributed by atoms with Crippen LogP contribution in [0.3, 0.4) is 0 Å². The molecule has 0 saturated carbocycles. The first-order valence-electron chi connectivity index (χ1n) is 13.6. The maximum absolute atomic E-state index is 12.7. The van der Waals surface area contributed by atoms with Crippen molar-refractivity contribution >= 4 is 12.2 Å². The number of hydrogen-bond acceptors (Lipinski definition) is 9. The minimum absolute atomic E-state index is 0.126. The van der Waals surface area contributed by atoms with Crippen molar-refractivity contribution in [2.24, 2.45) is 5.41 Å². The molecule has 1 spiro atoms. The number of nitrogens with zero attached hydrogens (tertiary/aromatic N) is 6. The Morgan fingerprint density at radius 3 is 2.62 bits per heavy atom. The van der Waals surface area contributed by atoms with Gasteiger partial charge in [0.1, 0.15) is 18.2 Å². The van der Waals surface area contributed by atoms with Gasteiger partial charge in [-0.05, 0) is 46.6 Å². The molecule has 0 radical (unpaired) electrons. The summed E-state index contributed by atoms with van der Waals surface area (Å²) in [7, 11) is 0. The van der Waals surface area contributed by atoms with Crippen molar-refractivity contribution in [2.75, 3.05) is 46.0 Å². The topological polar surface area (TPSA) is 125 Å². The summed E-state index contributed by atoms with van der Waals surface area (Å²) in [5, 5.41) is 9.12. The average molecular weight is 543 g/mol. The molecule has 0 aliphatic carbocycles. The van der Waals surface area contributed by atoms with Crippen molar-refractivity contribution in [1.82, 2.24) is 29.7 Å². The Hall–Kier alpha value is -3.41. The highest BCUT2D eigenvalue weighted by Crippen LogP contribution is 2.49. The highest BCUT2D eigenvalue weighted by Gasteiger charge is 2.59. The van der Waals surface area contributed by atoms with Crippen molar-refractivity contribution in [1.29, 1.82) is 0 Å². The summed E-state index contributed by atoms with van der Waals surface area (Å²) in [5.74, 6) is 1.11. The number of hydrogen-bond donors (Lipinski definition) is 0. The van der Waals surface area contributed by atoms with Gasteiger partial charge in [0.2, 0.25) is 0 Å². The van der Waals surface area contributed by atoms with Crippen molar-refractivity contribution in [3.05, 3.63) is 42.3 Å². The normalized spacial score (nSPS) is 22.0. The van der Waals surface area contributed by atoms with Gasteiger partial charge in [0.05, 0.1) is 11.6 Å². The predicted octanol–water partition coefficient (Wildman–Crippen LogP) is 3.73. The second-order valence-corrected chi connectivity index (χ2v) is 11.8. The number of aromatic nitrogens is 4. The lowest BCUT2D eigenvalue weighted by Gasteiger charge is -2.49. The van der Waals surface area contributed by atoms with Gasteiger partial charge in [0, 0.05) is 56.9 Å². The van der Waals surface area contributed by atoms with Gasteiger partial charge >= 0.3 is 12.2 Å². The number of carbonyl (C=O) groups is 2. The average Bonchev–Trinajstić information content (AvgIpc) is 3.63. The van der Waals surface area contributed by atoms with Crippen molar-refractivity contribution < 1.29 is 28.3 Å². The number of ether oxygens (including phenoxy) is 3. The van der Waals surface area contributed by atoms with Gasteiger partial charge < -0.3 is 28.5 Å². The van der Waals surface area contributed by atoms with Crippen molar-refractivity contribution in [3.63, 3.8) is 0 Å². The molecule has 5 heterocycles. The molecule has 0 bridgehead atoms. The second kappa shape index (κ2) is 10.6. The molecule has 2 aromatic heterocycles. The molecule has 3 fully saturated rings. The van der Waals surface area contributed by atoms with Crippen molar-refractivity contribution in [2.45, 2.75) is 64.0 Å². The molecular formula is C27H38N6O6. The summed E-state index contributed by atoms with van der Waals surface area (Å²) < 4.78 is 23.9. The molecule has 1 unspecified atom stereocenters. The first-order chi connectivity index (χ1) is 18.6. The number of carbonyl (C=O) groups excluding carboxylic acids is 2. The van der Waals surface area contributed by atoms with E-state index in [1.165, 1.54) is 6.08 Å². The zero-order valence-electron chi connectivity index (χ0n) is 23.2. The zero-order chi connectivity index (χ0) is 27.8. The van der Waals surface area contributed by atoms with Crippen LogP contribution in [0.25, 0.3) is 0 Å². The van der Waals surface area contributed by atoms with E-state index in [1.807, 2.05) is 44.6 Å². The maximum atomic E-state index is 12.7. The highest BCUT2D eigenvalue weighted by molar-refractivity contribution is 5.71. The third-order valence-corrected chi connectivity index (χ3v) is 7.69. The summed E-state index contributed by atoms with van der Waals surface area (Å²) in [6.45, 7) is 14.4. The van der Waals surface area contributed by atoms with E-state index in [9.17, 15) is 9.59 Å². The van der Waals surface area contributed by atoms with Crippen LogP contribution in [0.5, 0.6) is 0 Å². The Morgan fingerprint density at radius 2 is 1.92 bits per heavy atom. The monoisotopic (exact) mass is 542 g/mol. The summed E-state index contributed by atoms with van der Waals surface area (Å²) in [5.41, 5.74) is 0.0341. The van der Waals surface area contributed by atoms with Gasteiger partial charge in [-0.2, -0.15) is 10.1 Å². The van der Waals surface area contributed by atoms with Crippen LogP contribution in [0.4, 0.5) is 9.59 Å². The fourth-order valence-electron chi connectivity index (χ4n) is 5.63. The molecule has 39 heavy (non-hydrogen) atoms. The van der Waals surface area contributed by atoms with E-state index < -0.39 is 17.1 Å². The van der Waals surface area contributed by atoms with Gasteiger partial charge in [0.15, 0.2) is 5.82 Å². The maximum Gasteiger partial charge on any atom is 0.410 e. The summed E-state index contributed by atoms with van der Waals surface area (Å²) >= 11 is 0. The summed E-state index contributed by atoms with van der Waals surface area (Å²) in [4.78, 5) is 33.4. The van der Waals surface area contributed by atoms with Crippen LogP contribution >= 0.6 is 0 Å². The van der Waals surface area contributed by atoms with Crippen LogP contribution in [-0.4, -0.2) is 93.5 Å².